The van der Waals surface area contributed by atoms with Gasteiger partial charge < -0.3 is 30.1 Å². The van der Waals surface area contributed by atoms with E-state index in [1.807, 2.05) is 37.3 Å². The highest BCUT2D eigenvalue weighted by molar-refractivity contribution is 8.02. The van der Waals surface area contributed by atoms with E-state index in [9.17, 15) is 19.5 Å². The number of nitrogens with one attached hydrogen (secondary N) is 2. The Morgan fingerprint density at radius 3 is 2.20 bits per heavy atom. The number of amides is 3. The molecule has 3 aromatic rings. The lowest BCUT2D eigenvalue weighted by molar-refractivity contribution is -0.141. The molecule has 3 heterocycles. The van der Waals surface area contributed by atoms with Gasteiger partial charge >= 0.3 is 0 Å². The van der Waals surface area contributed by atoms with E-state index in [4.69, 9.17) is 9.47 Å². The second-order valence-electron chi connectivity index (χ2n) is 12.0. The van der Waals surface area contributed by atoms with Gasteiger partial charge in [-0.3, -0.25) is 14.4 Å². The molecule has 6 rings (SSSR count). The molecule has 10 heteroatoms. The molecule has 3 aliphatic rings. The Bertz CT molecular complexity index is 1540. The molecule has 3 N–H and O–H groups in total. The molecule has 0 radical (unpaired) electrons. The molecule has 3 unspecified atom stereocenters. The lowest BCUT2D eigenvalue weighted by Gasteiger charge is -2.40. The van der Waals surface area contributed by atoms with E-state index in [2.05, 4.69) is 17.6 Å². The van der Waals surface area contributed by atoms with Gasteiger partial charge in [-0.15, -0.1) is 11.8 Å². The second kappa shape index (κ2) is 12.8. The van der Waals surface area contributed by atoms with Crippen LogP contribution in [-0.4, -0.2) is 70.1 Å². The Balaban J connectivity index is 1.35. The Labute approximate surface area is 267 Å². The fourth-order valence-corrected chi connectivity index (χ4v) is 9.91. The minimum Gasteiger partial charge on any atom is -0.497 e. The van der Waals surface area contributed by atoms with Crippen LogP contribution in [-0.2, 0) is 20.8 Å². The summed E-state index contributed by atoms with van der Waals surface area (Å²) in [7, 11) is 1.58. The van der Waals surface area contributed by atoms with Gasteiger partial charge in [-0.05, 0) is 79.8 Å². The lowest BCUT2D eigenvalue weighted by Crippen LogP contribution is -2.57. The first-order chi connectivity index (χ1) is 21.8. The number of likely N-dealkylation sites (tertiary alicyclic amines) is 1. The van der Waals surface area contributed by atoms with E-state index >= 15 is 0 Å². The first kappa shape index (κ1) is 31.0. The number of hydrogen-bond acceptors (Lipinski definition) is 7. The van der Waals surface area contributed by atoms with Crippen molar-refractivity contribution in [2.45, 2.75) is 48.8 Å². The van der Waals surface area contributed by atoms with Crippen molar-refractivity contribution in [3.63, 3.8) is 0 Å². The SMILES string of the molecule is CCOc1ccc(NC(=O)[C@@H]2[C@H]3C(=O)N([C@@H](CO)Cc4ccccc4)C(C(=O)Nc4ccc(OC)cc4)C34S[C@@H]2CC4C)cc1. The summed E-state index contributed by atoms with van der Waals surface area (Å²) in [6.07, 6.45) is 1.09. The predicted molar refractivity (Wildman–Crippen MR) is 174 cm³/mol. The smallest absolute Gasteiger partial charge is 0.248 e. The number of hydrogen-bond donors (Lipinski definition) is 3. The number of aliphatic hydroxyl groups is 1. The van der Waals surface area contributed by atoms with Crippen LogP contribution in [0.15, 0.2) is 78.9 Å². The Morgan fingerprint density at radius 2 is 1.60 bits per heavy atom. The van der Waals surface area contributed by atoms with Crippen LogP contribution in [0, 0.1) is 17.8 Å². The van der Waals surface area contributed by atoms with E-state index in [-0.39, 0.29) is 35.5 Å². The fourth-order valence-electron chi connectivity index (χ4n) is 7.50. The van der Waals surface area contributed by atoms with Crippen molar-refractivity contribution < 1.29 is 29.0 Å². The maximum absolute atomic E-state index is 14.7. The number of carbonyl (C=O) groups excluding carboxylic acids is 3. The van der Waals surface area contributed by atoms with Crippen molar-refractivity contribution in [3.05, 3.63) is 84.4 Å². The first-order valence-corrected chi connectivity index (χ1v) is 16.3. The maximum atomic E-state index is 14.7. The van der Waals surface area contributed by atoms with Gasteiger partial charge in [-0.25, -0.2) is 0 Å². The van der Waals surface area contributed by atoms with Gasteiger partial charge in [0.15, 0.2) is 0 Å². The number of anilines is 2. The number of fused-ring (bicyclic) bond motifs is 1. The molecule has 45 heavy (non-hydrogen) atoms. The van der Waals surface area contributed by atoms with Crippen molar-refractivity contribution in [1.82, 2.24) is 4.90 Å². The molecule has 3 saturated heterocycles. The minimum absolute atomic E-state index is 0.0105. The van der Waals surface area contributed by atoms with E-state index < -0.39 is 28.7 Å². The van der Waals surface area contributed by atoms with Gasteiger partial charge in [0.2, 0.25) is 17.7 Å². The topological polar surface area (TPSA) is 117 Å². The van der Waals surface area contributed by atoms with Crippen molar-refractivity contribution in [3.8, 4) is 11.5 Å². The standard InChI is InChI=1S/C35H39N3O6S/c1-4-44-27-16-12-23(13-17-27)36-32(40)29-28-18-21(2)35(45-28)30(29)34(42)38(25(20-39)19-22-8-6-5-7-9-22)31(35)33(41)37-24-10-14-26(43-3)15-11-24/h5-17,21,25,28-31,39H,4,18-20H2,1-3H3,(H,36,40)(H,37,41)/t21?,25-,28-,29+,30+,31?,35?/m1/s1. The van der Waals surface area contributed by atoms with Crippen molar-refractivity contribution in [1.29, 1.82) is 0 Å². The van der Waals surface area contributed by atoms with Gasteiger partial charge in [0.25, 0.3) is 0 Å². The number of aliphatic hydroxyl groups excluding tert-OH is 1. The van der Waals surface area contributed by atoms with Crippen molar-refractivity contribution in [2.75, 3.05) is 31.0 Å². The normalized spacial score (nSPS) is 27.2. The zero-order valence-electron chi connectivity index (χ0n) is 25.6. The predicted octanol–water partition coefficient (Wildman–Crippen LogP) is 4.61. The highest BCUT2D eigenvalue weighted by Crippen LogP contribution is 2.69. The quantitative estimate of drug-likeness (QED) is 0.284. The number of methoxy groups -OCH3 is 1. The summed E-state index contributed by atoms with van der Waals surface area (Å²) in [6, 6.07) is 22.3. The minimum atomic E-state index is -0.883. The Hall–Kier alpha value is -4.02. The number of rotatable bonds is 11. The summed E-state index contributed by atoms with van der Waals surface area (Å²) >= 11 is 1.60. The molecule has 7 atom stereocenters. The molecule has 0 aliphatic carbocycles. The van der Waals surface area contributed by atoms with Gasteiger partial charge in [-0.2, -0.15) is 0 Å². The van der Waals surface area contributed by atoms with Gasteiger partial charge in [-0.1, -0.05) is 37.3 Å². The maximum Gasteiger partial charge on any atom is 0.248 e. The summed E-state index contributed by atoms with van der Waals surface area (Å²) in [5, 5.41) is 16.7. The van der Waals surface area contributed by atoms with E-state index in [1.54, 1.807) is 72.3 Å². The first-order valence-electron chi connectivity index (χ1n) is 15.4. The highest BCUT2D eigenvalue weighted by Gasteiger charge is 2.76. The largest absolute Gasteiger partial charge is 0.497 e. The van der Waals surface area contributed by atoms with Crippen LogP contribution in [0.5, 0.6) is 11.5 Å². The molecular formula is C35H39N3O6S. The highest BCUT2D eigenvalue weighted by atomic mass is 32.2. The number of benzene rings is 3. The van der Waals surface area contributed by atoms with Crippen LogP contribution in [0.25, 0.3) is 0 Å². The molecular weight excluding hydrogens is 590 g/mol. The number of thioether (sulfide) groups is 1. The van der Waals surface area contributed by atoms with Crippen LogP contribution in [0.3, 0.4) is 0 Å². The summed E-state index contributed by atoms with van der Waals surface area (Å²) in [4.78, 5) is 44.6. The molecule has 3 aliphatic heterocycles. The third-order valence-electron chi connectivity index (χ3n) is 9.44. The summed E-state index contributed by atoms with van der Waals surface area (Å²) in [5.74, 6) is -0.791. The molecule has 236 valence electrons. The van der Waals surface area contributed by atoms with Crippen LogP contribution in [0.1, 0.15) is 25.8 Å². The monoisotopic (exact) mass is 629 g/mol. The molecule has 1 spiro atoms. The van der Waals surface area contributed by atoms with Crippen molar-refractivity contribution >= 4 is 40.9 Å². The lowest BCUT2D eigenvalue weighted by atomic mass is 9.66. The Kier molecular flexibility index (Phi) is 8.79. The van der Waals surface area contributed by atoms with E-state index in [0.29, 0.717) is 42.3 Å². The van der Waals surface area contributed by atoms with Gasteiger partial charge in [0, 0.05) is 16.6 Å². The number of carbonyl (C=O) groups is 3. The van der Waals surface area contributed by atoms with Crippen LogP contribution in [0.2, 0.25) is 0 Å². The molecule has 3 amide bonds. The average Bonchev–Trinajstić information content (AvgIpc) is 3.65. The zero-order chi connectivity index (χ0) is 31.7. The molecule has 3 fully saturated rings. The van der Waals surface area contributed by atoms with Crippen LogP contribution >= 0.6 is 11.8 Å². The summed E-state index contributed by atoms with van der Waals surface area (Å²) in [5.41, 5.74) is 2.14. The Morgan fingerprint density at radius 1 is 0.978 bits per heavy atom. The molecule has 0 saturated carbocycles. The van der Waals surface area contributed by atoms with E-state index in [1.165, 1.54) is 0 Å². The third kappa shape index (κ3) is 5.55. The average molecular weight is 630 g/mol. The van der Waals surface area contributed by atoms with Crippen molar-refractivity contribution in [2.24, 2.45) is 17.8 Å². The molecule has 3 aromatic carbocycles. The zero-order valence-corrected chi connectivity index (χ0v) is 26.5. The van der Waals surface area contributed by atoms with Crippen LogP contribution in [0.4, 0.5) is 11.4 Å². The summed E-state index contributed by atoms with van der Waals surface area (Å²) < 4.78 is 9.97. The number of ether oxygens (including phenoxy) is 2. The second-order valence-corrected chi connectivity index (χ2v) is 13.5. The van der Waals surface area contributed by atoms with E-state index in [0.717, 1.165) is 5.56 Å². The van der Waals surface area contributed by atoms with Gasteiger partial charge in [0.05, 0.1) is 42.9 Å². The molecule has 0 aromatic heterocycles. The van der Waals surface area contributed by atoms with Crippen LogP contribution < -0.4 is 20.1 Å². The third-order valence-corrected chi connectivity index (χ3v) is 11.5. The molecule has 9 nitrogen and oxygen atoms in total. The summed E-state index contributed by atoms with van der Waals surface area (Å²) in [6.45, 7) is 4.21. The van der Waals surface area contributed by atoms with Gasteiger partial charge in [0.1, 0.15) is 17.5 Å². The fraction of sp³-hybridized carbons (Fsp3) is 0.400. The molecule has 2 bridgehead atoms. The number of nitrogens with zero attached hydrogens (tertiary/aromatic N) is 1.